The summed E-state index contributed by atoms with van der Waals surface area (Å²) in [4.78, 5) is 4.29. The standard InChI is InChI=1S/C9H14ClIN2S/c1-5-8(10)12-9(6-2)13(14-11)7(3)4/h6H,3,5H2,1-2,4H3/b9-6-,12-8+. The summed E-state index contributed by atoms with van der Waals surface area (Å²) in [6.45, 7) is 9.72. The Labute approximate surface area is 107 Å². The molecule has 0 bridgehead atoms. The van der Waals surface area contributed by atoms with Crippen molar-refractivity contribution in [3.8, 4) is 0 Å². The molecule has 0 aliphatic heterocycles. The number of allylic oxidation sites excluding steroid dienone is 2. The third-order valence-electron chi connectivity index (χ3n) is 1.41. The number of nitrogens with zero attached hydrogens (tertiary/aromatic N) is 2. The van der Waals surface area contributed by atoms with Crippen LogP contribution in [0.4, 0.5) is 0 Å². The zero-order valence-electron chi connectivity index (χ0n) is 8.55. The van der Waals surface area contributed by atoms with Gasteiger partial charge in [0.2, 0.25) is 0 Å². The lowest BCUT2D eigenvalue weighted by molar-refractivity contribution is 0.702. The fourth-order valence-corrected chi connectivity index (χ4v) is 2.76. The van der Waals surface area contributed by atoms with Crippen molar-refractivity contribution in [3.05, 3.63) is 24.2 Å². The molecule has 0 heterocycles. The topological polar surface area (TPSA) is 15.6 Å². The molecule has 0 saturated carbocycles. The molecule has 0 aromatic carbocycles. The Morgan fingerprint density at radius 3 is 2.57 bits per heavy atom. The van der Waals surface area contributed by atoms with Crippen LogP contribution in [0.2, 0.25) is 0 Å². The second-order valence-electron chi connectivity index (χ2n) is 2.59. The Hall–Kier alpha value is 0.320. The highest BCUT2D eigenvalue weighted by Gasteiger charge is 2.08. The Kier molecular flexibility index (Phi) is 7.76. The van der Waals surface area contributed by atoms with E-state index in [4.69, 9.17) is 11.6 Å². The molecule has 80 valence electrons. The van der Waals surface area contributed by atoms with E-state index in [1.807, 2.05) is 31.2 Å². The van der Waals surface area contributed by atoms with Crippen molar-refractivity contribution in [1.82, 2.24) is 4.31 Å². The van der Waals surface area contributed by atoms with E-state index >= 15 is 0 Å². The molecular formula is C9H14ClIN2S. The van der Waals surface area contributed by atoms with Gasteiger partial charge in [-0.3, -0.25) is 4.31 Å². The van der Waals surface area contributed by atoms with Gasteiger partial charge in [0.05, 0.1) is 0 Å². The second-order valence-corrected chi connectivity index (χ2v) is 4.71. The largest absolute Gasteiger partial charge is 0.265 e. The number of rotatable bonds is 5. The van der Waals surface area contributed by atoms with Gasteiger partial charge < -0.3 is 0 Å². The highest BCUT2D eigenvalue weighted by Crippen LogP contribution is 2.29. The first-order chi connectivity index (χ1) is 6.56. The van der Waals surface area contributed by atoms with Crippen LogP contribution in [0.3, 0.4) is 0 Å². The lowest BCUT2D eigenvalue weighted by Gasteiger charge is -2.19. The van der Waals surface area contributed by atoms with Crippen molar-refractivity contribution in [2.75, 3.05) is 0 Å². The van der Waals surface area contributed by atoms with Crippen molar-refractivity contribution >= 4 is 47.1 Å². The van der Waals surface area contributed by atoms with Crippen LogP contribution in [-0.4, -0.2) is 9.48 Å². The molecular weight excluding hydrogens is 331 g/mol. The van der Waals surface area contributed by atoms with E-state index in [1.165, 1.54) is 9.12 Å². The molecule has 0 aliphatic carbocycles. The maximum absolute atomic E-state index is 5.89. The van der Waals surface area contributed by atoms with Gasteiger partial charge in [-0.15, -0.1) is 0 Å². The fourth-order valence-electron chi connectivity index (χ4n) is 0.720. The number of hydrogen-bond donors (Lipinski definition) is 0. The first-order valence-electron chi connectivity index (χ1n) is 4.20. The molecule has 0 saturated heterocycles. The van der Waals surface area contributed by atoms with E-state index in [1.54, 1.807) is 0 Å². The van der Waals surface area contributed by atoms with Crippen molar-refractivity contribution < 1.29 is 0 Å². The van der Waals surface area contributed by atoms with E-state index in [-0.39, 0.29) is 0 Å². The summed E-state index contributed by atoms with van der Waals surface area (Å²) in [5.41, 5.74) is 0.932. The van der Waals surface area contributed by atoms with E-state index in [0.717, 1.165) is 17.9 Å². The maximum atomic E-state index is 5.89. The van der Waals surface area contributed by atoms with Crippen LogP contribution in [0.25, 0.3) is 0 Å². The number of halogens is 2. The molecule has 0 aromatic heterocycles. The van der Waals surface area contributed by atoms with Crippen molar-refractivity contribution in [2.24, 2.45) is 4.99 Å². The second kappa shape index (κ2) is 7.59. The summed E-state index contributed by atoms with van der Waals surface area (Å²) in [5, 5.41) is 0.606. The Bertz CT molecular complexity index is 264. The van der Waals surface area contributed by atoms with Gasteiger partial charge in [0, 0.05) is 36.0 Å². The summed E-state index contributed by atoms with van der Waals surface area (Å²) < 4.78 is 1.93. The lowest BCUT2D eigenvalue weighted by atomic mass is 10.5. The summed E-state index contributed by atoms with van der Waals surface area (Å²) >= 11 is 8.08. The monoisotopic (exact) mass is 344 g/mol. The molecule has 0 aliphatic rings. The van der Waals surface area contributed by atoms with Gasteiger partial charge in [0.25, 0.3) is 0 Å². The molecule has 14 heavy (non-hydrogen) atoms. The molecule has 0 N–H and O–H groups in total. The molecule has 0 atom stereocenters. The molecule has 5 heteroatoms. The zero-order chi connectivity index (χ0) is 11.1. The van der Waals surface area contributed by atoms with Crippen LogP contribution in [0, 0.1) is 0 Å². The summed E-state index contributed by atoms with van der Waals surface area (Å²) in [5.74, 6) is 0.823. The quantitative estimate of drug-likeness (QED) is 0.407. The maximum Gasteiger partial charge on any atom is 0.140 e. The highest BCUT2D eigenvalue weighted by atomic mass is 127. The predicted molar refractivity (Wildman–Crippen MR) is 75.6 cm³/mol. The normalized spacial score (nSPS) is 12.9. The predicted octanol–water partition coefficient (Wildman–Crippen LogP) is 4.73. The van der Waals surface area contributed by atoms with E-state index in [9.17, 15) is 0 Å². The van der Waals surface area contributed by atoms with E-state index < -0.39 is 0 Å². The molecule has 2 nitrogen and oxygen atoms in total. The van der Waals surface area contributed by atoms with Gasteiger partial charge in [-0.05, 0) is 26.3 Å². The van der Waals surface area contributed by atoms with Gasteiger partial charge in [0.15, 0.2) is 0 Å². The minimum absolute atomic E-state index is 0.606. The Morgan fingerprint density at radius 2 is 2.29 bits per heavy atom. The SMILES string of the molecule is C=C(C)N(SI)C(=C\C)/N=C(/Cl)CC. The minimum atomic E-state index is 0.606. The molecule has 0 rings (SSSR count). The first-order valence-corrected chi connectivity index (χ1v) is 7.89. The van der Waals surface area contributed by atoms with Gasteiger partial charge in [0.1, 0.15) is 11.0 Å². The summed E-state index contributed by atoms with van der Waals surface area (Å²) in [6, 6.07) is 0. The van der Waals surface area contributed by atoms with Gasteiger partial charge >= 0.3 is 0 Å². The van der Waals surface area contributed by atoms with Gasteiger partial charge in [-0.2, -0.15) is 0 Å². The van der Waals surface area contributed by atoms with E-state index in [2.05, 4.69) is 32.8 Å². The smallest absolute Gasteiger partial charge is 0.140 e. The third-order valence-corrected chi connectivity index (χ3v) is 3.58. The van der Waals surface area contributed by atoms with Gasteiger partial charge in [-0.1, -0.05) is 25.1 Å². The van der Waals surface area contributed by atoms with Crippen molar-refractivity contribution in [3.63, 3.8) is 0 Å². The average molecular weight is 345 g/mol. The summed E-state index contributed by atoms with van der Waals surface area (Å²) in [7, 11) is 1.53. The Morgan fingerprint density at radius 1 is 1.71 bits per heavy atom. The van der Waals surface area contributed by atoms with E-state index in [0.29, 0.717) is 5.17 Å². The first kappa shape index (κ1) is 14.3. The third kappa shape index (κ3) is 4.70. The van der Waals surface area contributed by atoms with Gasteiger partial charge in [-0.25, -0.2) is 4.99 Å². The minimum Gasteiger partial charge on any atom is -0.265 e. The van der Waals surface area contributed by atoms with Crippen molar-refractivity contribution in [1.29, 1.82) is 0 Å². The van der Waals surface area contributed by atoms with Crippen LogP contribution in [-0.2, 0) is 0 Å². The van der Waals surface area contributed by atoms with Crippen LogP contribution in [0.5, 0.6) is 0 Å². The molecule has 0 amide bonds. The fraction of sp³-hybridized carbons (Fsp3) is 0.444. The average Bonchev–Trinajstić information content (AvgIpc) is 2.16. The molecule has 0 radical (unpaired) electrons. The molecule has 0 fully saturated rings. The lowest BCUT2D eigenvalue weighted by Crippen LogP contribution is -2.09. The van der Waals surface area contributed by atoms with Crippen LogP contribution >= 0.6 is 41.9 Å². The van der Waals surface area contributed by atoms with Crippen LogP contribution in [0.15, 0.2) is 29.2 Å². The highest BCUT2D eigenvalue weighted by molar-refractivity contribution is 14.2. The molecule has 0 spiro atoms. The molecule has 0 unspecified atom stereocenters. The number of aliphatic imine (C=N–C) groups is 1. The van der Waals surface area contributed by atoms with Crippen LogP contribution in [0.1, 0.15) is 27.2 Å². The zero-order valence-corrected chi connectivity index (χ0v) is 12.3. The van der Waals surface area contributed by atoms with Crippen molar-refractivity contribution in [2.45, 2.75) is 27.2 Å². The number of hydrogen-bond acceptors (Lipinski definition) is 3. The summed E-state index contributed by atoms with van der Waals surface area (Å²) in [6.07, 6.45) is 2.66. The van der Waals surface area contributed by atoms with Crippen LogP contribution < -0.4 is 0 Å². The Balaban J connectivity index is 4.81. The molecule has 0 aromatic rings.